The monoisotopic (exact) mass is 381 g/mol. The number of nitrogens with two attached hydrogens (primary N) is 1. The van der Waals surface area contributed by atoms with E-state index in [-0.39, 0.29) is 36.7 Å². The van der Waals surface area contributed by atoms with Gasteiger partial charge in [0.15, 0.2) is 5.75 Å². The summed E-state index contributed by atoms with van der Waals surface area (Å²) in [5.74, 6) is 5.70. The molecule has 20 heavy (non-hydrogen) atoms. The van der Waals surface area contributed by atoms with Gasteiger partial charge in [0.1, 0.15) is 30.1 Å². The van der Waals surface area contributed by atoms with Crippen LogP contribution in [0.4, 0.5) is 0 Å². The minimum absolute atomic E-state index is 0. The normalized spacial score (nSPS) is 9.65. The molecule has 0 saturated carbocycles. The molecule has 4 nitrogen and oxygen atoms in total. The summed E-state index contributed by atoms with van der Waals surface area (Å²) >= 11 is 23.0. The number of ether oxygens (including phenoxy) is 2. The second kappa shape index (κ2) is 10.6. The Bertz CT molecular complexity index is 429. The van der Waals surface area contributed by atoms with Gasteiger partial charge in [0.2, 0.25) is 0 Å². The largest absolute Gasteiger partial charge is 0.489 e. The molecule has 0 spiro atoms. The van der Waals surface area contributed by atoms with E-state index in [1.807, 2.05) is 0 Å². The van der Waals surface area contributed by atoms with Crippen molar-refractivity contribution in [2.45, 2.75) is 0 Å². The van der Waals surface area contributed by atoms with Crippen molar-refractivity contribution in [3.05, 3.63) is 32.7 Å². The highest BCUT2D eigenvalue weighted by atomic mass is 35.5. The molecule has 0 fully saturated rings. The van der Waals surface area contributed by atoms with Crippen molar-refractivity contribution < 1.29 is 14.3 Å². The maximum atomic E-state index is 6.03. The molecule has 0 atom stereocenters. The van der Waals surface area contributed by atoms with Crippen LogP contribution in [0.1, 0.15) is 0 Å². The zero-order valence-electron chi connectivity index (χ0n) is 10.1. The van der Waals surface area contributed by atoms with E-state index in [0.29, 0.717) is 21.5 Å². The van der Waals surface area contributed by atoms with Gasteiger partial charge in [-0.3, -0.25) is 0 Å². The van der Waals surface area contributed by atoms with Crippen LogP contribution in [0.5, 0.6) is 11.5 Å². The molecule has 0 saturated heterocycles. The number of halogens is 5. The quantitative estimate of drug-likeness (QED) is 0.561. The second-order valence-corrected chi connectivity index (χ2v) is 5.06. The molecule has 0 aliphatic rings. The van der Waals surface area contributed by atoms with Crippen LogP contribution < -0.4 is 15.4 Å². The van der Waals surface area contributed by atoms with E-state index in [4.69, 9.17) is 61.8 Å². The molecule has 0 unspecified atom stereocenters. The third-order valence-electron chi connectivity index (χ3n) is 1.91. The van der Waals surface area contributed by atoms with Gasteiger partial charge in [-0.05, 0) is 6.08 Å². The van der Waals surface area contributed by atoms with Crippen LogP contribution in [-0.4, -0.2) is 19.8 Å². The molecule has 1 aromatic carbocycles. The molecule has 0 amide bonds. The van der Waals surface area contributed by atoms with Gasteiger partial charge in [0, 0.05) is 12.1 Å². The zero-order valence-corrected chi connectivity index (χ0v) is 13.9. The molecular formula is C11H12Cl5NO3. The summed E-state index contributed by atoms with van der Waals surface area (Å²) in [5.41, 5.74) is 0. The standard InChI is InChI=1S/C11H11Cl4NO3.ClH/c12-8-5-7(17-2-1-10(14)15)6-9(13)11(8)18-3-4-19-16;/h1,5-6H,2-4,16H2;1H. The maximum Gasteiger partial charge on any atom is 0.156 e. The molecule has 1 aromatic rings. The van der Waals surface area contributed by atoms with E-state index in [9.17, 15) is 0 Å². The molecule has 0 radical (unpaired) electrons. The SMILES string of the molecule is Cl.NOCCOc1c(Cl)cc(OCC=C(Cl)Cl)cc1Cl. The molecule has 0 aromatic heterocycles. The lowest BCUT2D eigenvalue weighted by Crippen LogP contribution is -2.10. The molecular weight excluding hydrogens is 371 g/mol. The summed E-state index contributed by atoms with van der Waals surface area (Å²) in [5, 5.41) is 0.640. The van der Waals surface area contributed by atoms with Crippen LogP contribution in [0.25, 0.3) is 0 Å². The first kappa shape index (κ1) is 19.9. The highest BCUT2D eigenvalue weighted by molar-refractivity contribution is 6.55. The Hall–Kier alpha value is -0.0700. The highest BCUT2D eigenvalue weighted by Crippen LogP contribution is 2.36. The number of benzene rings is 1. The van der Waals surface area contributed by atoms with Gasteiger partial charge < -0.3 is 14.3 Å². The lowest BCUT2D eigenvalue weighted by Gasteiger charge is -2.11. The van der Waals surface area contributed by atoms with Gasteiger partial charge >= 0.3 is 0 Å². The summed E-state index contributed by atoms with van der Waals surface area (Å²) in [6, 6.07) is 3.14. The Morgan fingerprint density at radius 3 is 2.20 bits per heavy atom. The van der Waals surface area contributed by atoms with Gasteiger partial charge in [0.05, 0.1) is 10.0 Å². The fourth-order valence-corrected chi connectivity index (χ4v) is 1.85. The van der Waals surface area contributed by atoms with Crippen molar-refractivity contribution in [3.63, 3.8) is 0 Å². The Labute approximate surface area is 143 Å². The fourth-order valence-electron chi connectivity index (χ4n) is 1.15. The zero-order chi connectivity index (χ0) is 14.3. The molecule has 0 aliphatic carbocycles. The number of hydrogen-bond donors (Lipinski definition) is 1. The van der Waals surface area contributed by atoms with Gasteiger partial charge in [-0.15, -0.1) is 12.4 Å². The first-order valence-corrected chi connectivity index (χ1v) is 6.63. The molecule has 0 bridgehead atoms. The average Bonchev–Trinajstić information content (AvgIpc) is 2.32. The van der Waals surface area contributed by atoms with Crippen LogP contribution in [0.3, 0.4) is 0 Å². The third kappa shape index (κ3) is 7.09. The molecule has 2 N–H and O–H groups in total. The predicted molar refractivity (Wildman–Crippen MR) is 84.6 cm³/mol. The summed E-state index contributed by atoms with van der Waals surface area (Å²) in [6.07, 6.45) is 1.49. The van der Waals surface area contributed by atoms with Gasteiger partial charge in [0.25, 0.3) is 0 Å². The van der Waals surface area contributed by atoms with E-state index in [1.54, 1.807) is 12.1 Å². The van der Waals surface area contributed by atoms with Crippen molar-refractivity contribution in [1.29, 1.82) is 0 Å². The first-order valence-electron chi connectivity index (χ1n) is 5.12. The molecule has 0 heterocycles. The van der Waals surface area contributed by atoms with Crippen LogP contribution >= 0.6 is 58.8 Å². The summed E-state index contributed by atoms with van der Waals surface area (Å²) in [4.78, 5) is 4.38. The van der Waals surface area contributed by atoms with Crippen LogP contribution in [0.15, 0.2) is 22.7 Å². The molecule has 0 aliphatic heterocycles. The van der Waals surface area contributed by atoms with Crippen molar-refractivity contribution >= 4 is 58.8 Å². The molecule has 9 heteroatoms. The Balaban J connectivity index is 0.00000361. The van der Waals surface area contributed by atoms with Crippen LogP contribution in [0.2, 0.25) is 10.0 Å². The first-order chi connectivity index (χ1) is 9.04. The topological polar surface area (TPSA) is 53.7 Å². The number of rotatable bonds is 7. The van der Waals surface area contributed by atoms with Crippen molar-refractivity contribution in [1.82, 2.24) is 0 Å². The Morgan fingerprint density at radius 1 is 1.10 bits per heavy atom. The minimum atomic E-state index is 0. The van der Waals surface area contributed by atoms with Crippen LogP contribution in [0, 0.1) is 0 Å². The van der Waals surface area contributed by atoms with Gasteiger partial charge in [-0.2, -0.15) is 0 Å². The van der Waals surface area contributed by atoms with E-state index >= 15 is 0 Å². The van der Waals surface area contributed by atoms with E-state index in [2.05, 4.69) is 4.84 Å². The maximum absolute atomic E-state index is 6.03. The van der Waals surface area contributed by atoms with Gasteiger partial charge in [-0.25, -0.2) is 5.90 Å². The Morgan fingerprint density at radius 2 is 1.70 bits per heavy atom. The molecule has 1 rings (SSSR count). The van der Waals surface area contributed by atoms with E-state index in [0.717, 1.165) is 0 Å². The predicted octanol–water partition coefficient (Wildman–Crippen LogP) is 4.38. The van der Waals surface area contributed by atoms with Gasteiger partial charge in [-0.1, -0.05) is 46.4 Å². The summed E-state index contributed by atoms with van der Waals surface area (Å²) < 4.78 is 10.8. The van der Waals surface area contributed by atoms with Crippen molar-refractivity contribution in [3.8, 4) is 11.5 Å². The minimum Gasteiger partial charge on any atom is -0.489 e. The lowest BCUT2D eigenvalue weighted by atomic mass is 10.3. The highest BCUT2D eigenvalue weighted by Gasteiger charge is 2.10. The lowest BCUT2D eigenvalue weighted by molar-refractivity contribution is 0.102. The summed E-state index contributed by atoms with van der Waals surface area (Å²) in [6.45, 7) is 0.668. The Kier molecular flexibility index (Phi) is 10.6. The van der Waals surface area contributed by atoms with Crippen molar-refractivity contribution in [2.24, 2.45) is 5.90 Å². The smallest absolute Gasteiger partial charge is 0.156 e. The van der Waals surface area contributed by atoms with Crippen molar-refractivity contribution in [2.75, 3.05) is 19.8 Å². The average molecular weight is 383 g/mol. The van der Waals surface area contributed by atoms with E-state index in [1.165, 1.54) is 6.08 Å². The summed E-state index contributed by atoms with van der Waals surface area (Å²) in [7, 11) is 0. The van der Waals surface area contributed by atoms with E-state index < -0.39 is 0 Å². The second-order valence-electron chi connectivity index (χ2n) is 3.24. The fraction of sp³-hybridized carbons (Fsp3) is 0.273. The third-order valence-corrected chi connectivity index (χ3v) is 2.78. The van der Waals surface area contributed by atoms with Crippen LogP contribution in [-0.2, 0) is 4.84 Å². The molecule has 114 valence electrons. The number of hydrogen-bond acceptors (Lipinski definition) is 4.